The number of amidine groups is 1. The van der Waals surface area contributed by atoms with Crippen molar-refractivity contribution in [3.8, 4) is 0 Å². The fourth-order valence-electron chi connectivity index (χ4n) is 5.94. The van der Waals surface area contributed by atoms with Crippen LogP contribution < -0.4 is 15.9 Å². The third-order valence-corrected chi connectivity index (χ3v) is 8.88. The molecule has 1 saturated carbocycles. The van der Waals surface area contributed by atoms with Crippen molar-refractivity contribution in [1.82, 2.24) is 10.3 Å². The number of fused-ring (bicyclic) bond motifs is 3. The minimum atomic E-state index is -0.161. The molecule has 0 bridgehead atoms. The lowest BCUT2D eigenvalue weighted by molar-refractivity contribution is -0.116. The lowest BCUT2D eigenvalue weighted by Crippen LogP contribution is -2.56. The standard InChI is InChI=1S/C25H31BrN4OS/c1-5-32-24-28-23(31)21-18-12-16(26)8-9-20(18)27-22(30(21)29-24)17-13-19-15(11-14(17)2)7-6-10-25(19,3)4/h7-9,12,14,17,19,22H,5-6,10-11,13H2,1-4H3,(H,28,29,31)/t14-,17+,19-,22-/m0/s1. The van der Waals surface area contributed by atoms with Crippen molar-refractivity contribution < 1.29 is 4.79 Å². The van der Waals surface area contributed by atoms with Crippen LogP contribution in [-0.4, -0.2) is 28.0 Å². The van der Waals surface area contributed by atoms with Gasteiger partial charge in [0.1, 0.15) is 11.9 Å². The molecule has 1 amide bonds. The van der Waals surface area contributed by atoms with Gasteiger partial charge in [0.05, 0.1) is 5.36 Å². The molecule has 7 heteroatoms. The quantitative estimate of drug-likeness (QED) is 0.595. The van der Waals surface area contributed by atoms with E-state index in [1.165, 1.54) is 12.8 Å². The van der Waals surface area contributed by atoms with Gasteiger partial charge in [-0.1, -0.05) is 67.0 Å². The first kappa shape index (κ1) is 22.2. The van der Waals surface area contributed by atoms with E-state index in [0.29, 0.717) is 34.0 Å². The smallest absolute Gasteiger partial charge is 0.276 e. The summed E-state index contributed by atoms with van der Waals surface area (Å²) in [4.78, 5) is 18.5. The highest BCUT2D eigenvalue weighted by Crippen LogP contribution is 2.52. The predicted octanol–water partition coefficient (Wildman–Crippen LogP) is 4.38. The first-order valence-corrected chi connectivity index (χ1v) is 13.4. The number of allylic oxidation sites excluding steroid dienone is 2. The average Bonchev–Trinajstić information content (AvgIpc) is 2.73. The molecule has 2 aliphatic carbocycles. The van der Waals surface area contributed by atoms with Gasteiger partial charge in [0.15, 0.2) is 5.17 Å². The minimum Gasteiger partial charge on any atom is -0.298 e. The van der Waals surface area contributed by atoms with Crippen molar-refractivity contribution in [3.63, 3.8) is 0 Å². The molecule has 5 nitrogen and oxygen atoms in total. The molecule has 4 aliphatic rings. The van der Waals surface area contributed by atoms with Gasteiger partial charge in [-0.3, -0.25) is 15.1 Å². The van der Waals surface area contributed by atoms with Crippen LogP contribution in [0, 0.1) is 23.2 Å². The number of nitrogens with zero attached hydrogens (tertiary/aromatic N) is 3. The molecule has 1 aromatic carbocycles. The van der Waals surface area contributed by atoms with Crippen molar-refractivity contribution in [1.29, 1.82) is 0 Å². The van der Waals surface area contributed by atoms with E-state index < -0.39 is 0 Å². The number of hydrazone groups is 1. The van der Waals surface area contributed by atoms with Gasteiger partial charge in [-0.25, -0.2) is 5.01 Å². The summed E-state index contributed by atoms with van der Waals surface area (Å²) in [5, 5.41) is 12.3. The number of hydrogen-bond acceptors (Lipinski definition) is 5. The van der Waals surface area contributed by atoms with E-state index in [1.54, 1.807) is 17.3 Å². The van der Waals surface area contributed by atoms with Crippen LogP contribution in [0.2, 0.25) is 0 Å². The second-order valence-electron chi connectivity index (χ2n) is 10.1. The Morgan fingerprint density at radius 2 is 2.16 bits per heavy atom. The minimum absolute atomic E-state index is 0.0859. The van der Waals surface area contributed by atoms with Gasteiger partial charge in [-0.15, -0.1) is 5.10 Å². The Morgan fingerprint density at radius 1 is 1.34 bits per heavy atom. The van der Waals surface area contributed by atoms with Crippen molar-refractivity contribution in [2.75, 3.05) is 5.75 Å². The predicted molar refractivity (Wildman–Crippen MR) is 134 cm³/mol. The molecule has 32 heavy (non-hydrogen) atoms. The summed E-state index contributed by atoms with van der Waals surface area (Å²) in [6.45, 7) is 9.27. The van der Waals surface area contributed by atoms with E-state index >= 15 is 0 Å². The Kier molecular flexibility index (Phi) is 5.77. The molecule has 1 N–H and O–H groups in total. The number of amides is 1. The van der Waals surface area contributed by atoms with Crippen LogP contribution in [0.1, 0.15) is 53.4 Å². The summed E-state index contributed by atoms with van der Waals surface area (Å²) in [6.07, 6.45) is 6.97. The Bertz CT molecular complexity index is 1140. The van der Waals surface area contributed by atoms with Crippen LogP contribution in [0.3, 0.4) is 0 Å². The SMILES string of the molecule is CCSC1=NN2C(=c3cc(Br)ccc3=N[C@@H]2[C@@H]2C[C@H]3C(=CCCC3(C)C)C[C@@H]2C)C(=O)N1. The van der Waals surface area contributed by atoms with E-state index in [-0.39, 0.29) is 12.1 Å². The van der Waals surface area contributed by atoms with E-state index in [4.69, 9.17) is 10.1 Å². The van der Waals surface area contributed by atoms with Crippen LogP contribution in [0.15, 0.2) is 44.4 Å². The largest absolute Gasteiger partial charge is 0.298 e. The summed E-state index contributed by atoms with van der Waals surface area (Å²) in [5.74, 6) is 2.17. The second kappa shape index (κ2) is 8.32. The molecule has 0 aromatic heterocycles. The van der Waals surface area contributed by atoms with E-state index in [9.17, 15) is 4.79 Å². The summed E-state index contributed by atoms with van der Waals surface area (Å²) in [6, 6.07) is 6.01. The summed E-state index contributed by atoms with van der Waals surface area (Å²) in [5.41, 5.74) is 2.56. The molecule has 2 heterocycles. The maximum absolute atomic E-state index is 13.3. The van der Waals surface area contributed by atoms with Crippen molar-refractivity contribution in [2.45, 2.75) is 59.5 Å². The number of benzene rings is 1. The molecule has 0 saturated heterocycles. The van der Waals surface area contributed by atoms with Crippen molar-refractivity contribution in [3.05, 3.63) is 44.9 Å². The fourth-order valence-corrected chi connectivity index (χ4v) is 6.89. The first-order valence-electron chi connectivity index (χ1n) is 11.7. The summed E-state index contributed by atoms with van der Waals surface area (Å²) in [7, 11) is 0. The summed E-state index contributed by atoms with van der Waals surface area (Å²) >= 11 is 5.13. The fraction of sp³-hybridized carbons (Fsp3) is 0.560. The van der Waals surface area contributed by atoms with E-state index in [1.807, 2.05) is 23.2 Å². The number of hydrogen-bond donors (Lipinski definition) is 1. The number of rotatable bonds is 2. The van der Waals surface area contributed by atoms with Gasteiger partial charge in [-0.05, 0) is 66.9 Å². The molecule has 5 rings (SSSR count). The molecule has 1 aromatic rings. The molecular formula is C25H31BrN4OS. The van der Waals surface area contributed by atoms with Crippen molar-refractivity contribution >= 4 is 44.5 Å². The number of thioether (sulfide) groups is 1. The molecule has 1 fully saturated rings. The van der Waals surface area contributed by atoms with Gasteiger partial charge in [-0.2, -0.15) is 0 Å². The van der Waals surface area contributed by atoms with E-state index in [0.717, 1.165) is 33.6 Å². The molecule has 4 atom stereocenters. The Labute approximate surface area is 202 Å². The molecule has 2 aliphatic heterocycles. The normalized spacial score (nSPS) is 30.8. The molecule has 0 spiro atoms. The van der Waals surface area contributed by atoms with Crippen LogP contribution in [-0.2, 0) is 4.79 Å². The molecule has 0 unspecified atom stereocenters. The van der Waals surface area contributed by atoms with Crippen LogP contribution in [0.4, 0.5) is 0 Å². The van der Waals surface area contributed by atoms with Crippen LogP contribution >= 0.6 is 27.7 Å². The maximum Gasteiger partial charge on any atom is 0.276 e. The highest BCUT2D eigenvalue weighted by atomic mass is 79.9. The average molecular weight is 516 g/mol. The molecule has 0 radical (unpaired) electrons. The number of nitrogens with one attached hydrogen (secondary N) is 1. The number of halogens is 1. The zero-order chi connectivity index (χ0) is 22.6. The maximum atomic E-state index is 13.3. The lowest BCUT2D eigenvalue weighted by Gasteiger charge is -2.49. The van der Waals surface area contributed by atoms with E-state index in [2.05, 4.69) is 55.0 Å². The van der Waals surface area contributed by atoms with Gasteiger partial charge >= 0.3 is 0 Å². The Balaban J connectivity index is 1.62. The Morgan fingerprint density at radius 3 is 2.94 bits per heavy atom. The van der Waals surface area contributed by atoms with Crippen molar-refractivity contribution in [2.24, 2.45) is 33.3 Å². The molecular weight excluding hydrogens is 484 g/mol. The first-order chi connectivity index (χ1) is 15.3. The lowest BCUT2D eigenvalue weighted by atomic mass is 9.58. The summed E-state index contributed by atoms with van der Waals surface area (Å²) < 4.78 is 0.938. The zero-order valence-electron chi connectivity index (χ0n) is 19.2. The second-order valence-corrected chi connectivity index (χ2v) is 12.3. The monoisotopic (exact) mass is 514 g/mol. The highest BCUT2D eigenvalue weighted by Gasteiger charge is 2.46. The van der Waals surface area contributed by atoms with Gasteiger partial charge in [0, 0.05) is 15.6 Å². The molecule has 170 valence electrons. The number of carbonyl (C=O) groups is 1. The van der Waals surface area contributed by atoms with Gasteiger partial charge < -0.3 is 0 Å². The Hall–Kier alpha value is -1.60. The third kappa shape index (κ3) is 3.75. The van der Waals surface area contributed by atoms with Gasteiger partial charge in [0.2, 0.25) is 0 Å². The number of carbonyl (C=O) groups excluding carboxylic acids is 1. The van der Waals surface area contributed by atoms with Crippen LogP contribution in [0.5, 0.6) is 0 Å². The highest BCUT2D eigenvalue weighted by molar-refractivity contribution is 9.10. The van der Waals surface area contributed by atoms with Gasteiger partial charge in [0.25, 0.3) is 5.91 Å². The van der Waals surface area contributed by atoms with Crippen LogP contribution in [0.25, 0.3) is 5.70 Å². The topological polar surface area (TPSA) is 57.1 Å². The third-order valence-electron chi connectivity index (χ3n) is 7.65. The zero-order valence-corrected chi connectivity index (χ0v) is 21.6.